The molecule has 5 nitrogen and oxygen atoms in total. The van der Waals surface area contributed by atoms with Crippen LogP contribution in [0.4, 0.5) is 0 Å². The maximum Gasteiger partial charge on any atom is 0.161 e. The number of fused-ring (bicyclic) bond motifs is 3. The molecule has 0 aromatic heterocycles. The third-order valence-corrected chi connectivity index (χ3v) is 6.12. The van der Waals surface area contributed by atoms with Crippen molar-refractivity contribution in [3.8, 4) is 11.5 Å². The van der Waals surface area contributed by atoms with E-state index in [2.05, 4.69) is 37.8 Å². The first kappa shape index (κ1) is 21.4. The molecule has 2 aliphatic heterocycles. The molecule has 4 atom stereocenters. The molecule has 1 N–H and O–H groups in total. The van der Waals surface area contributed by atoms with E-state index in [0.717, 1.165) is 43.9 Å². The molecule has 5 heteroatoms. The van der Waals surface area contributed by atoms with Crippen LogP contribution in [0.25, 0.3) is 0 Å². The molecule has 0 saturated carbocycles. The summed E-state index contributed by atoms with van der Waals surface area (Å²) in [7, 11) is 3.37. The van der Waals surface area contributed by atoms with Crippen LogP contribution in [0.15, 0.2) is 12.1 Å². The van der Waals surface area contributed by atoms with Gasteiger partial charge < -0.3 is 19.3 Å². The molecule has 3 rings (SSSR count). The first-order chi connectivity index (χ1) is 13.2. The quantitative estimate of drug-likeness (QED) is 0.799. The van der Waals surface area contributed by atoms with E-state index >= 15 is 0 Å². The van der Waals surface area contributed by atoms with Crippen LogP contribution in [0.5, 0.6) is 11.5 Å². The van der Waals surface area contributed by atoms with E-state index in [9.17, 15) is 5.11 Å². The first-order valence-electron chi connectivity index (χ1n) is 10.5. The van der Waals surface area contributed by atoms with Crippen LogP contribution in [-0.4, -0.2) is 56.1 Å². The van der Waals surface area contributed by atoms with E-state index in [0.29, 0.717) is 12.5 Å². The molecule has 1 saturated heterocycles. The molecule has 1 aromatic rings. The van der Waals surface area contributed by atoms with Gasteiger partial charge in [0.15, 0.2) is 11.5 Å². The van der Waals surface area contributed by atoms with Crippen LogP contribution < -0.4 is 9.47 Å². The molecule has 0 unspecified atom stereocenters. The van der Waals surface area contributed by atoms with Gasteiger partial charge in [-0.3, -0.25) is 4.90 Å². The molecule has 0 bridgehead atoms. The van der Waals surface area contributed by atoms with Crippen molar-refractivity contribution in [1.29, 1.82) is 0 Å². The summed E-state index contributed by atoms with van der Waals surface area (Å²) in [6.45, 7) is 11.3. The number of benzene rings is 1. The van der Waals surface area contributed by atoms with Gasteiger partial charge in [-0.15, -0.1) is 0 Å². The van der Waals surface area contributed by atoms with Crippen molar-refractivity contribution < 1.29 is 19.3 Å². The van der Waals surface area contributed by atoms with Gasteiger partial charge in [0.05, 0.1) is 19.3 Å². The standard InChI is InChI=1S/C23H37NO4/c1-15(26-5)14-28-22-9-16-7-8-24-13-17(12-23(2,3)4)20(25)11-19(24)18(16)10-21(22)27-6/h9-10,15,17,19-20,25H,7-8,11-14H2,1-6H3/t15-,17-,19-,20-/m1/s1. The summed E-state index contributed by atoms with van der Waals surface area (Å²) in [5.41, 5.74) is 2.83. The lowest BCUT2D eigenvalue weighted by molar-refractivity contribution is -0.0259. The largest absolute Gasteiger partial charge is 0.493 e. The summed E-state index contributed by atoms with van der Waals surface area (Å²) in [5.74, 6) is 1.88. The lowest BCUT2D eigenvalue weighted by Gasteiger charge is -2.47. The Kier molecular flexibility index (Phi) is 6.58. The van der Waals surface area contributed by atoms with Crippen molar-refractivity contribution in [3.63, 3.8) is 0 Å². The molecule has 1 aromatic carbocycles. The number of hydrogen-bond donors (Lipinski definition) is 1. The summed E-state index contributed by atoms with van der Waals surface area (Å²) in [4.78, 5) is 2.55. The average Bonchev–Trinajstić information content (AvgIpc) is 2.64. The highest BCUT2D eigenvalue weighted by Crippen LogP contribution is 2.44. The molecule has 158 valence electrons. The SMILES string of the molecule is COc1cc2c(cc1OC[C@@H](C)OC)CCN1C[C@@H](CC(C)(C)C)[C@H](O)C[C@H]21. The van der Waals surface area contributed by atoms with E-state index in [1.165, 1.54) is 11.1 Å². The Morgan fingerprint density at radius 3 is 2.61 bits per heavy atom. The second-order valence-corrected chi connectivity index (χ2v) is 9.65. The van der Waals surface area contributed by atoms with Gasteiger partial charge in [0.2, 0.25) is 0 Å². The Balaban J connectivity index is 1.80. The minimum absolute atomic E-state index is 0.0319. The molecule has 1 fully saturated rings. The Bertz CT molecular complexity index is 669. The Hall–Kier alpha value is -1.30. The lowest BCUT2D eigenvalue weighted by Crippen LogP contribution is -2.48. The maximum atomic E-state index is 10.9. The van der Waals surface area contributed by atoms with E-state index in [-0.39, 0.29) is 23.7 Å². The molecule has 28 heavy (non-hydrogen) atoms. The highest BCUT2D eigenvalue weighted by Gasteiger charge is 2.39. The number of ether oxygens (including phenoxy) is 3. The fourth-order valence-corrected chi connectivity index (χ4v) is 4.63. The summed E-state index contributed by atoms with van der Waals surface area (Å²) < 4.78 is 16.9. The summed E-state index contributed by atoms with van der Waals surface area (Å²) in [5, 5.41) is 10.9. The molecule has 0 radical (unpaired) electrons. The molecule has 2 aliphatic rings. The number of aliphatic hydroxyl groups excluding tert-OH is 1. The van der Waals surface area contributed by atoms with Gasteiger partial charge in [0.1, 0.15) is 6.61 Å². The summed E-state index contributed by atoms with van der Waals surface area (Å²) in [6, 6.07) is 4.51. The monoisotopic (exact) mass is 391 g/mol. The minimum atomic E-state index is -0.254. The van der Waals surface area contributed by atoms with E-state index in [1.807, 2.05) is 6.92 Å². The van der Waals surface area contributed by atoms with Crippen LogP contribution in [0.1, 0.15) is 57.7 Å². The number of piperidine rings is 1. The van der Waals surface area contributed by atoms with Crippen LogP contribution in [0, 0.1) is 11.3 Å². The van der Waals surface area contributed by atoms with Crippen LogP contribution in [-0.2, 0) is 11.2 Å². The number of rotatable bonds is 6. The lowest BCUT2D eigenvalue weighted by atomic mass is 9.75. The highest BCUT2D eigenvalue weighted by molar-refractivity contribution is 5.49. The summed E-state index contributed by atoms with van der Waals surface area (Å²) >= 11 is 0. The van der Waals surface area contributed by atoms with E-state index < -0.39 is 0 Å². The third kappa shape index (κ3) is 4.81. The molecule has 0 spiro atoms. The minimum Gasteiger partial charge on any atom is -0.493 e. The first-order valence-corrected chi connectivity index (χ1v) is 10.5. The normalized spacial score (nSPS) is 26.3. The van der Waals surface area contributed by atoms with E-state index in [4.69, 9.17) is 14.2 Å². The number of hydrogen-bond acceptors (Lipinski definition) is 5. The van der Waals surface area contributed by atoms with Crippen LogP contribution >= 0.6 is 0 Å². The van der Waals surface area contributed by atoms with Crippen molar-refractivity contribution in [1.82, 2.24) is 4.90 Å². The second-order valence-electron chi connectivity index (χ2n) is 9.65. The zero-order valence-corrected chi connectivity index (χ0v) is 18.3. The van der Waals surface area contributed by atoms with Crippen molar-refractivity contribution in [2.45, 2.75) is 65.2 Å². The second kappa shape index (κ2) is 8.60. The Morgan fingerprint density at radius 1 is 1.21 bits per heavy atom. The molecular weight excluding hydrogens is 354 g/mol. The predicted octanol–water partition coefficient (Wildman–Crippen LogP) is 3.83. The summed E-state index contributed by atoms with van der Waals surface area (Å²) in [6.07, 6.45) is 2.63. The number of nitrogens with zero attached hydrogens (tertiary/aromatic N) is 1. The van der Waals surface area contributed by atoms with Crippen LogP contribution in [0.3, 0.4) is 0 Å². The van der Waals surface area contributed by atoms with Gasteiger partial charge in [-0.05, 0) is 60.8 Å². The van der Waals surface area contributed by atoms with E-state index in [1.54, 1.807) is 14.2 Å². The van der Waals surface area contributed by atoms with Gasteiger partial charge in [0, 0.05) is 26.2 Å². The van der Waals surface area contributed by atoms with Gasteiger partial charge >= 0.3 is 0 Å². The van der Waals surface area contributed by atoms with Crippen molar-refractivity contribution >= 4 is 0 Å². The van der Waals surface area contributed by atoms with Crippen molar-refractivity contribution in [2.75, 3.05) is 33.9 Å². The van der Waals surface area contributed by atoms with Gasteiger partial charge in [-0.1, -0.05) is 20.8 Å². The van der Waals surface area contributed by atoms with Gasteiger partial charge in [-0.25, -0.2) is 0 Å². The molecular formula is C23H37NO4. The third-order valence-electron chi connectivity index (χ3n) is 6.12. The fourth-order valence-electron chi connectivity index (χ4n) is 4.63. The molecule has 0 amide bonds. The predicted molar refractivity (Wildman–Crippen MR) is 111 cm³/mol. The van der Waals surface area contributed by atoms with Crippen molar-refractivity contribution in [2.24, 2.45) is 11.3 Å². The maximum absolute atomic E-state index is 10.9. The highest BCUT2D eigenvalue weighted by atomic mass is 16.5. The van der Waals surface area contributed by atoms with Crippen molar-refractivity contribution in [3.05, 3.63) is 23.3 Å². The van der Waals surface area contributed by atoms with Crippen LogP contribution in [0.2, 0.25) is 0 Å². The van der Waals surface area contributed by atoms with Gasteiger partial charge in [-0.2, -0.15) is 0 Å². The Labute approximate surface area is 170 Å². The zero-order chi connectivity index (χ0) is 20.5. The molecule has 2 heterocycles. The van der Waals surface area contributed by atoms with Gasteiger partial charge in [0.25, 0.3) is 0 Å². The average molecular weight is 392 g/mol. The molecule has 0 aliphatic carbocycles. The zero-order valence-electron chi connectivity index (χ0n) is 18.3. The smallest absolute Gasteiger partial charge is 0.161 e. The Morgan fingerprint density at radius 2 is 1.96 bits per heavy atom. The number of aliphatic hydroxyl groups is 1. The number of methoxy groups -OCH3 is 2. The fraction of sp³-hybridized carbons (Fsp3) is 0.739. The topological polar surface area (TPSA) is 51.2 Å².